The molecule has 9 nitrogen and oxygen atoms in total. The predicted octanol–water partition coefficient (Wildman–Crippen LogP) is 3.92. The van der Waals surface area contributed by atoms with E-state index in [0.29, 0.717) is 25.7 Å². The molecule has 3 aromatic rings. The quantitative estimate of drug-likeness (QED) is 0.274. The minimum Gasteiger partial charge on any atom is -0.508 e. The van der Waals surface area contributed by atoms with Gasteiger partial charge in [0.05, 0.1) is 23.7 Å². The Balaban J connectivity index is 1.18. The maximum atomic E-state index is 14.0. The third-order valence-electron chi connectivity index (χ3n) is 10.2. The summed E-state index contributed by atoms with van der Waals surface area (Å²) < 4.78 is 0. The van der Waals surface area contributed by atoms with Crippen LogP contribution in [0.5, 0.6) is 17.2 Å². The molecule has 0 radical (unpaired) electrons. The molecule has 2 heterocycles. The van der Waals surface area contributed by atoms with E-state index >= 15 is 0 Å². The lowest BCUT2D eigenvalue weighted by molar-refractivity contribution is -0.142. The third-order valence-corrected chi connectivity index (χ3v) is 10.2. The molecule has 7 rings (SSSR count). The van der Waals surface area contributed by atoms with E-state index in [1.54, 1.807) is 72.8 Å². The summed E-state index contributed by atoms with van der Waals surface area (Å²) in [6.07, 6.45) is 3.63. The Morgan fingerprint density at radius 3 is 1.56 bits per heavy atom. The molecule has 3 N–H and O–H groups in total. The fraction of sp³-hybridized carbons (Fsp3) is 0.333. The highest BCUT2D eigenvalue weighted by Gasteiger charge is 2.61. The second kappa shape index (κ2) is 11.2. The van der Waals surface area contributed by atoms with E-state index < -0.39 is 29.6 Å². The number of phenols is 3. The summed E-state index contributed by atoms with van der Waals surface area (Å²) in [6.45, 7) is 0.434. The normalized spacial score (nSPS) is 27.3. The lowest BCUT2D eigenvalue weighted by atomic mass is 9.57. The van der Waals surface area contributed by atoms with Gasteiger partial charge in [0.15, 0.2) is 0 Å². The number of fused-ring (bicyclic) bond motifs is 4. The number of carbonyl (C=O) groups excluding carboxylic acids is 4. The van der Waals surface area contributed by atoms with Crippen molar-refractivity contribution >= 4 is 23.6 Å². The lowest BCUT2D eigenvalue weighted by Crippen LogP contribution is -2.43. The molecule has 3 fully saturated rings. The molecule has 6 atom stereocenters. The van der Waals surface area contributed by atoms with Crippen LogP contribution in [-0.2, 0) is 32.0 Å². The smallest absolute Gasteiger partial charge is 0.234 e. The monoisotopic (exact) mass is 606 g/mol. The number of amides is 4. The highest BCUT2D eigenvalue weighted by Crippen LogP contribution is 2.58. The van der Waals surface area contributed by atoms with Gasteiger partial charge in [-0.15, -0.1) is 0 Å². The van der Waals surface area contributed by atoms with E-state index in [9.17, 15) is 34.5 Å². The Bertz CT molecular complexity index is 1700. The predicted molar refractivity (Wildman–Crippen MR) is 163 cm³/mol. The Hall–Kier alpha value is -4.92. The molecule has 2 aliphatic heterocycles. The molecule has 0 aromatic heterocycles. The first-order valence-electron chi connectivity index (χ1n) is 15.5. The van der Waals surface area contributed by atoms with Crippen molar-refractivity contribution in [3.8, 4) is 17.2 Å². The fourth-order valence-electron chi connectivity index (χ4n) is 8.02. The Kier molecular flexibility index (Phi) is 7.19. The van der Waals surface area contributed by atoms with E-state index in [0.717, 1.165) is 22.3 Å². The zero-order chi connectivity index (χ0) is 31.4. The summed E-state index contributed by atoms with van der Waals surface area (Å²) in [5, 5.41) is 29.2. The van der Waals surface area contributed by atoms with Crippen molar-refractivity contribution in [1.29, 1.82) is 0 Å². The number of likely N-dealkylation sites (tertiary alicyclic amines) is 2. The van der Waals surface area contributed by atoms with E-state index in [-0.39, 0.29) is 59.9 Å². The van der Waals surface area contributed by atoms with E-state index in [2.05, 4.69) is 0 Å². The number of carbonyl (C=O) groups is 4. The minimum absolute atomic E-state index is 0.0885. The second-order valence-corrected chi connectivity index (χ2v) is 12.6. The molecule has 45 heavy (non-hydrogen) atoms. The molecule has 1 saturated carbocycles. The van der Waals surface area contributed by atoms with Gasteiger partial charge in [0.1, 0.15) is 17.2 Å². The van der Waals surface area contributed by atoms with Gasteiger partial charge in [-0.1, -0.05) is 48.0 Å². The summed E-state index contributed by atoms with van der Waals surface area (Å²) in [6, 6.07) is 20.1. The van der Waals surface area contributed by atoms with Gasteiger partial charge in [-0.2, -0.15) is 0 Å². The van der Waals surface area contributed by atoms with Gasteiger partial charge in [0.2, 0.25) is 23.6 Å². The first-order valence-corrected chi connectivity index (χ1v) is 15.5. The molecule has 4 aliphatic rings. The van der Waals surface area contributed by atoms with Crippen LogP contribution in [0.3, 0.4) is 0 Å². The van der Waals surface area contributed by atoms with Gasteiger partial charge in [0.25, 0.3) is 0 Å². The van der Waals surface area contributed by atoms with Gasteiger partial charge in [-0.25, -0.2) is 0 Å². The standard InChI is InChI=1S/C36H34N2O7/c39-23-7-1-20(2-8-23)15-17-37-33(42)27-14-13-26-28(31(27)35(37)44)19-29-32(30(26)22-5-11-25(41)12-6-22)36(45)38(34(29)43)18-16-21-3-9-24(40)10-4-21/h1-13,27-32,39-41H,14-19H2/t27-,28+,29+,30-,31-,32+/m0/s1. The molecule has 0 bridgehead atoms. The molecule has 0 spiro atoms. The average Bonchev–Trinajstić information content (AvgIpc) is 3.43. The highest BCUT2D eigenvalue weighted by atomic mass is 16.3. The van der Waals surface area contributed by atoms with E-state index in [1.165, 1.54) is 9.80 Å². The van der Waals surface area contributed by atoms with Crippen molar-refractivity contribution in [2.75, 3.05) is 13.1 Å². The Morgan fingerprint density at radius 2 is 1.02 bits per heavy atom. The topological polar surface area (TPSA) is 135 Å². The Labute approximate surface area is 260 Å². The maximum absolute atomic E-state index is 14.0. The first-order chi connectivity index (χ1) is 21.7. The van der Waals surface area contributed by atoms with Gasteiger partial charge in [-0.05, 0) is 84.7 Å². The number of allylic oxidation sites excluding steroid dienone is 2. The number of rotatable bonds is 7. The molecule has 3 aromatic carbocycles. The largest absolute Gasteiger partial charge is 0.508 e. The van der Waals surface area contributed by atoms with Crippen LogP contribution in [0.25, 0.3) is 0 Å². The van der Waals surface area contributed by atoms with Crippen molar-refractivity contribution < 1.29 is 34.5 Å². The number of aromatic hydroxyl groups is 3. The third kappa shape index (κ3) is 4.96. The second-order valence-electron chi connectivity index (χ2n) is 12.6. The van der Waals surface area contributed by atoms with Crippen LogP contribution >= 0.6 is 0 Å². The van der Waals surface area contributed by atoms with Gasteiger partial charge >= 0.3 is 0 Å². The molecule has 230 valence electrons. The van der Waals surface area contributed by atoms with Crippen LogP contribution in [0.1, 0.15) is 35.4 Å². The number of imide groups is 2. The molecular weight excluding hydrogens is 572 g/mol. The Morgan fingerprint density at radius 1 is 0.556 bits per heavy atom. The summed E-state index contributed by atoms with van der Waals surface area (Å²) in [5.41, 5.74) is 3.50. The molecule has 2 aliphatic carbocycles. The number of hydrogen-bond acceptors (Lipinski definition) is 7. The van der Waals surface area contributed by atoms with Crippen molar-refractivity contribution in [1.82, 2.24) is 9.80 Å². The molecule has 4 amide bonds. The van der Waals surface area contributed by atoms with E-state index in [1.807, 2.05) is 6.08 Å². The average molecular weight is 607 g/mol. The van der Waals surface area contributed by atoms with Crippen LogP contribution in [-0.4, -0.2) is 61.8 Å². The van der Waals surface area contributed by atoms with Gasteiger partial charge < -0.3 is 15.3 Å². The molecule has 0 unspecified atom stereocenters. The number of benzene rings is 3. The zero-order valence-corrected chi connectivity index (χ0v) is 24.6. The highest BCUT2D eigenvalue weighted by molar-refractivity contribution is 6.08. The van der Waals surface area contributed by atoms with Gasteiger partial charge in [0, 0.05) is 19.0 Å². The van der Waals surface area contributed by atoms with Crippen molar-refractivity contribution in [2.45, 2.75) is 31.6 Å². The molecule has 2 saturated heterocycles. The summed E-state index contributed by atoms with van der Waals surface area (Å²) in [4.78, 5) is 58.2. The number of phenolic OH excluding ortho intramolecular Hbond substituents is 3. The van der Waals surface area contributed by atoms with Crippen molar-refractivity contribution in [2.24, 2.45) is 29.6 Å². The molecular formula is C36H34N2O7. The summed E-state index contributed by atoms with van der Waals surface area (Å²) in [7, 11) is 0. The lowest BCUT2D eigenvalue weighted by Gasteiger charge is -2.44. The maximum Gasteiger partial charge on any atom is 0.234 e. The van der Waals surface area contributed by atoms with Crippen LogP contribution in [0.15, 0.2) is 84.4 Å². The first kappa shape index (κ1) is 28.8. The van der Waals surface area contributed by atoms with Crippen molar-refractivity contribution in [3.63, 3.8) is 0 Å². The number of hydrogen-bond donors (Lipinski definition) is 3. The minimum atomic E-state index is -0.640. The van der Waals surface area contributed by atoms with Crippen molar-refractivity contribution in [3.05, 3.63) is 101 Å². The van der Waals surface area contributed by atoms with Crippen LogP contribution in [0.4, 0.5) is 0 Å². The molecule has 9 heteroatoms. The zero-order valence-electron chi connectivity index (χ0n) is 24.6. The fourth-order valence-corrected chi connectivity index (χ4v) is 8.02. The SMILES string of the molecule is O=C1[C@H]2[C@H](CC=C3[C@H]2C[C@H]2C(=O)N(CCc4ccc(O)cc4)C(=O)[C@H]2[C@H]3c2ccc(O)cc2)C(=O)N1CCc1ccc(O)cc1. The number of nitrogens with zero attached hydrogens (tertiary/aromatic N) is 2. The van der Waals surface area contributed by atoms with Crippen LogP contribution < -0.4 is 0 Å². The summed E-state index contributed by atoms with van der Waals surface area (Å²) in [5.74, 6) is -3.77. The van der Waals surface area contributed by atoms with E-state index in [4.69, 9.17) is 0 Å². The van der Waals surface area contributed by atoms with Crippen LogP contribution in [0, 0.1) is 29.6 Å². The summed E-state index contributed by atoms with van der Waals surface area (Å²) >= 11 is 0. The van der Waals surface area contributed by atoms with Gasteiger partial charge in [-0.3, -0.25) is 29.0 Å². The van der Waals surface area contributed by atoms with Crippen LogP contribution in [0.2, 0.25) is 0 Å².